The van der Waals surface area contributed by atoms with Crippen LogP contribution in [-0.4, -0.2) is 11.0 Å². The molecular weight excluding hydrogens is 426 g/mol. The van der Waals surface area contributed by atoms with Crippen molar-refractivity contribution in [1.29, 1.82) is 0 Å². The van der Waals surface area contributed by atoms with E-state index in [-0.39, 0.29) is 6.42 Å². The van der Waals surface area contributed by atoms with E-state index >= 15 is 0 Å². The molecule has 7 heteroatoms. The molecule has 0 N–H and O–H groups in total. The number of aromatic nitrogens is 1. The SMILES string of the molecule is CCCc1cc(=O)oc2cc(OC(=O)Cc3csc(COc4ccc(C)cc4)n3)ccc12. The van der Waals surface area contributed by atoms with Gasteiger partial charge in [-0.1, -0.05) is 31.0 Å². The van der Waals surface area contributed by atoms with Crippen molar-refractivity contribution in [2.75, 3.05) is 0 Å². The smallest absolute Gasteiger partial charge is 0.336 e. The van der Waals surface area contributed by atoms with Gasteiger partial charge in [0.05, 0.1) is 12.1 Å². The van der Waals surface area contributed by atoms with Crippen LogP contribution in [0.5, 0.6) is 11.5 Å². The summed E-state index contributed by atoms with van der Waals surface area (Å²) in [6.45, 7) is 4.41. The predicted molar refractivity (Wildman–Crippen MR) is 123 cm³/mol. The average molecular weight is 450 g/mol. The zero-order chi connectivity index (χ0) is 22.5. The van der Waals surface area contributed by atoms with Crippen LogP contribution in [0.1, 0.15) is 35.2 Å². The van der Waals surface area contributed by atoms with E-state index in [4.69, 9.17) is 13.9 Å². The number of nitrogens with zero attached hydrogens (tertiary/aromatic N) is 1. The summed E-state index contributed by atoms with van der Waals surface area (Å²) >= 11 is 1.44. The summed E-state index contributed by atoms with van der Waals surface area (Å²) in [6, 6.07) is 14.4. The van der Waals surface area contributed by atoms with Gasteiger partial charge in [-0.05, 0) is 43.2 Å². The number of benzene rings is 2. The molecule has 2 aromatic carbocycles. The number of thiazole rings is 1. The van der Waals surface area contributed by atoms with Gasteiger partial charge in [-0.3, -0.25) is 4.79 Å². The largest absolute Gasteiger partial charge is 0.486 e. The highest BCUT2D eigenvalue weighted by Crippen LogP contribution is 2.24. The molecule has 4 aromatic rings. The number of rotatable bonds is 8. The number of ether oxygens (including phenoxy) is 2. The molecule has 164 valence electrons. The van der Waals surface area contributed by atoms with Crippen LogP contribution in [0.4, 0.5) is 0 Å². The van der Waals surface area contributed by atoms with Crippen LogP contribution in [0.25, 0.3) is 11.0 Å². The molecule has 0 aliphatic heterocycles. The Labute approximate surface area is 189 Å². The summed E-state index contributed by atoms with van der Waals surface area (Å²) in [5.41, 5.74) is 2.73. The van der Waals surface area contributed by atoms with E-state index in [1.54, 1.807) is 12.1 Å². The van der Waals surface area contributed by atoms with E-state index in [1.807, 2.05) is 42.6 Å². The van der Waals surface area contributed by atoms with Crippen LogP contribution in [0.2, 0.25) is 0 Å². The summed E-state index contributed by atoms with van der Waals surface area (Å²) in [7, 11) is 0. The summed E-state index contributed by atoms with van der Waals surface area (Å²) in [5.74, 6) is 0.668. The highest BCUT2D eigenvalue weighted by Gasteiger charge is 2.12. The zero-order valence-electron chi connectivity index (χ0n) is 17.9. The number of esters is 1. The van der Waals surface area contributed by atoms with Crippen LogP contribution in [-0.2, 0) is 24.2 Å². The van der Waals surface area contributed by atoms with Crippen LogP contribution >= 0.6 is 11.3 Å². The number of carbonyl (C=O) groups is 1. The van der Waals surface area contributed by atoms with Crippen molar-refractivity contribution in [3.63, 3.8) is 0 Å². The van der Waals surface area contributed by atoms with Gasteiger partial charge in [0.2, 0.25) is 0 Å². The lowest BCUT2D eigenvalue weighted by atomic mass is 10.1. The first-order valence-corrected chi connectivity index (χ1v) is 11.3. The molecule has 0 amide bonds. The highest BCUT2D eigenvalue weighted by molar-refractivity contribution is 7.09. The molecule has 0 bridgehead atoms. The van der Waals surface area contributed by atoms with Crippen molar-refractivity contribution >= 4 is 28.3 Å². The summed E-state index contributed by atoms with van der Waals surface area (Å²) in [4.78, 5) is 28.7. The van der Waals surface area contributed by atoms with Gasteiger partial charge in [0, 0.05) is 22.9 Å². The van der Waals surface area contributed by atoms with Gasteiger partial charge in [-0.2, -0.15) is 0 Å². The topological polar surface area (TPSA) is 78.6 Å². The number of aryl methyl sites for hydroxylation is 2. The van der Waals surface area contributed by atoms with Crippen LogP contribution in [0.3, 0.4) is 0 Å². The molecule has 0 radical (unpaired) electrons. The minimum atomic E-state index is -0.437. The minimum absolute atomic E-state index is 0.0406. The molecule has 6 nitrogen and oxygen atoms in total. The lowest BCUT2D eigenvalue weighted by Gasteiger charge is -2.07. The minimum Gasteiger partial charge on any atom is -0.486 e. The van der Waals surface area contributed by atoms with Gasteiger partial charge in [0.15, 0.2) is 0 Å². The summed E-state index contributed by atoms with van der Waals surface area (Å²) in [6.07, 6.45) is 1.74. The second-order valence-corrected chi connectivity index (χ2v) is 8.43. The third-order valence-electron chi connectivity index (χ3n) is 4.86. The van der Waals surface area contributed by atoms with Crippen molar-refractivity contribution in [2.24, 2.45) is 0 Å². The van der Waals surface area contributed by atoms with E-state index in [0.29, 0.717) is 23.6 Å². The molecule has 2 aromatic heterocycles. The molecule has 4 rings (SSSR count). The molecule has 2 heterocycles. The van der Waals surface area contributed by atoms with E-state index in [2.05, 4.69) is 11.9 Å². The number of fused-ring (bicyclic) bond motifs is 1. The molecule has 0 aliphatic rings. The Balaban J connectivity index is 1.38. The number of hydrogen-bond acceptors (Lipinski definition) is 7. The third kappa shape index (κ3) is 5.42. The van der Waals surface area contributed by atoms with E-state index < -0.39 is 11.6 Å². The van der Waals surface area contributed by atoms with Gasteiger partial charge < -0.3 is 13.9 Å². The fraction of sp³-hybridized carbons (Fsp3) is 0.240. The molecule has 0 saturated heterocycles. The van der Waals surface area contributed by atoms with Crippen molar-refractivity contribution in [3.05, 3.63) is 86.2 Å². The monoisotopic (exact) mass is 449 g/mol. The maximum atomic E-state index is 12.4. The molecule has 0 aliphatic carbocycles. The van der Waals surface area contributed by atoms with Crippen molar-refractivity contribution in [1.82, 2.24) is 4.98 Å². The Hall–Kier alpha value is -3.45. The van der Waals surface area contributed by atoms with Gasteiger partial charge in [-0.15, -0.1) is 11.3 Å². The predicted octanol–water partition coefficient (Wildman–Crippen LogP) is 5.24. The van der Waals surface area contributed by atoms with E-state index in [1.165, 1.54) is 23.0 Å². The normalized spacial score (nSPS) is 10.9. The number of carbonyl (C=O) groups excluding carboxylic acids is 1. The van der Waals surface area contributed by atoms with Gasteiger partial charge in [0.1, 0.15) is 28.7 Å². The fourth-order valence-corrected chi connectivity index (χ4v) is 4.05. The Morgan fingerprint density at radius 1 is 1.09 bits per heavy atom. The molecule has 32 heavy (non-hydrogen) atoms. The molecular formula is C25H23NO5S. The Bertz CT molecular complexity index is 1290. The second kappa shape index (κ2) is 9.78. The maximum Gasteiger partial charge on any atom is 0.336 e. The first-order chi connectivity index (χ1) is 15.5. The molecule has 0 fully saturated rings. The molecule has 0 saturated carbocycles. The van der Waals surface area contributed by atoms with Gasteiger partial charge in [0.25, 0.3) is 0 Å². The van der Waals surface area contributed by atoms with E-state index in [9.17, 15) is 9.59 Å². The Morgan fingerprint density at radius 2 is 1.88 bits per heavy atom. The first kappa shape index (κ1) is 21.8. The van der Waals surface area contributed by atoms with Crippen molar-refractivity contribution in [2.45, 2.75) is 39.7 Å². The highest BCUT2D eigenvalue weighted by atomic mass is 32.1. The lowest BCUT2D eigenvalue weighted by Crippen LogP contribution is -2.11. The van der Waals surface area contributed by atoms with Gasteiger partial charge >= 0.3 is 11.6 Å². The molecule has 0 unspecified atom stereocenters. The standard InChI is InChI=1S/C25H23NO5S/c1-3-4-17-11-24(27)31-22-13-20(9-10-21(17)22)30-25(28)12-18-15-32-23(26-18)14-29-19-7-5-16(2)6-8-19/h5-11,13,15H,3-4,12,14H2,1-2H3. The third-order valence-corrected chi connectivity index (χ3v) is 5.73. The zero-order valence-corrected chi connectivity index (χ0v) is 18.7. The molecule has 0 atom stereocenters. The van der Waals surface area contributed by atoms with Crippen LogP contribution in [0.15, 0.2) is 63.1 Å². The van der Waals surface area contributed by atoms with Gasteiger partial charge in [-0.25, -0.2) is 9.78 Å². The Morgan fingerprint density at radius 3 is 2.66 bits per heavy atom. The van der Waals surface area contributed by atoms with E-state index in [0.717, 1.165) is 34.5 Å². The maximum absolute atomic E-state index is 12.4. The second-order valence-electron chi connectivity index (χ2n) is 7.48. The number of hydrogen-bond donors (Lipinski definition) is 0. The average Bonchev–Trinajstić information content (AvgIpc) is 3.20. The summed E-state index contributed by atoms with van der Waals surface area (Å²) < 4.78 is 16.5. The van der Waals surface area contributed by atoms with Crippen LogP contribution in [0, 0.1) is 6.92 Å². The molecule has 0 spiro atoms. The summed E-state index contributed by atoms with van der Waals surface area (Å²) in [5, 5.41) is 3.46. The van der Waals surface area contributed by atoms with Crippen molar-refractivity contribution in [3.8, 4) is 11.5 Å². The van der Waals surface area contributed by atoms with Crippen LogP contribution < -0.4 is 15.1 Å². The van der Waals surface area contributed by atoms with Crippen molar-refractivity contribution < 1.29 is 18.7 Å². The quantitative estimate of drug-likeness (QED) is 0.208. The lowest BCUT2D eigenvalue weighted by molar-refractivity contribution is -0.133. The first-order valence-electron chi connectivity index (χ1n) is 10.4. The Kier molecular flexibility index (Phi) is 6.66. The fourth-order valence-electron chi connectivity index (χ4n) is 3.34.